The Labute approximate surface area is 351 Å². The Morgan fingerprint density at radius 2 is 1.63 bits per heavy atom. The molecule has 1 saturated heterocycles. The molecular formula is C50H66N4O5. The molecule has 2 heterocycles. The average Bonchev–Trinajstić information content (AvgIpc) is 3.25. The van der Waals surface area contributed by atoms with Gasteiger partial charge in [-0.3, -0.25) is 9.59 Å². The van der Waals surface area contributed by atoms with E-state index in [4.69, 9.17) is 10.5 Å². The fourth-order valence-electron chi connectivity index (χ4n) is 8.71. The number of piperidine rings is 1. The van der Waals surface area contributed by atoms with E-state index < -0.39 is 0 Å². The molecule has 0 radical (unpaired) electrons. The number of Topliss-reactive ketones (excluding diaryl/α,β-unsaturated/α-hetero) is 1. The predicted molar refractivity (Wildman–Crippen MR) is 239 cm³/mol. The first-order valence-corrected chi connectivity index (χ1v) is 21.7. The van der Waals surface area contributed by atoms with Crippen molar-refractivity contribution in [2.75, 3.05) is 46.1 Å². The van der Waals surface area contributed by atoms with Crippen LogP contribution in [0.2, 0.25) is 0 Å². The van der Waals surface area contributed by atoms with E-state index in [1.807, 2.05) is 19.2 Å². The first-order chi connectivity index (χ1) is 28.7. The molecule has 0 bridgehead atoms. The number of nitrogens with one attached hydrogen (secondary N) is 2. The summed E-state index contributed by atoms with van der Waals surface area (Å²) >= 11 is 0. The number of nitrogens with two attached hydrogens (primary N) is 1. The molecule has 0 spiro atoms. The number of allylic oxidation sites excluding steroid dienone is 1. The number of anilines is 1. The summed E-state index contributed by atoms with van der Waals surface area (Å²) in [4.78, 5) is 30.6. The van der Waals surface area contributed by atoms with Gasteiger partial charge < -0.3 is 31.3 Å². The van der Waals surface area contributed by atoms with E-state index in [9.17, 15) is 19.8 Å². The van der Waals surface area contributed by atoms with Gasteiger partial charge in [-0.25, -0.2) is 4.98 Å². The summed E-state index contributed by atoms with van der Waals surface area (Å²) in [5.74, 6) is 2.15. The first-order valence-electron chi connectivity index (χ1n) is 21.7. The SMILES string of the molecule is CNCC(CC(CCCO)CCCC(=O)CC(=O)C=Cc1cc(OC)c(O)cc1Cc1cnc(N)cc1CCc1cccc(CCc2ccccc2)c1)C1CCNCC1. The lowest BCUT2D eigenvalue weighted by Gasteiger charge is -2.33. The number of hydrogen-bond acceptors (Lipinski definition) is 9. The molecule has 6 N–H and O–H groups in total. The number of ketones is 2. The summed E-state index contributed by atoms with van der Waals surface area (Å²) in [7, 11) is 3.51. The van der Waals surface area contributed by atoms with Crippen molar-refractivity contribution in [2.24, 2.45) is 17.8 Å². The summed E-state index contributed by atoms with van der Waals surface area (Å²) in [5.41, 5.74) is 13.6. The van der Waals surface area contributed by atoms with E-state index in [0.717, 1.165) is 94.1 Å². The molecule has 2 unspecified atom stereocenters. The van der Waals surface area contributed by atoms with Crippen molar-refractivity contribution in [3.8, 4) is 11.5 Å². The van der Waals surface area contributed by atoms with Gasteiger partial charge in [0.05, 0.1) is 13.5 Å². The fourth-order valence-corrected chi connectivity index (χ4v) is 8.71. The Morgan fingerprint density at radius 1 is 0.915 bits per heavy atom. The van der Waals surface area contributed by atoms with Gasteiger partial charge in [-0.1, -0.05) is 67.1 Å². The lowest BCUT2D eigenvalue weighted by atomic mass is 9.77. The van der Waals surface area contributed by atoms with Crippen molar-refractivity contribution in [3.63, 3.8) is 0 Å². The van der Waals surface area contributed by atoms with Gasteiger partial charge in [0.25, 0.3) is 0 Å². The number of methoxy groups -OCH3 is 1. The van der Waals surface area contributed by atoms with E-state index in [1.165, 1.54) is 42.7 Å². The maximum absolute atomic E-state index is 13.1. The quantitative estimate of drug-likeness (QED) is 0.0334. The number of phenolic OH excluding ortho intramolecular Hbond substituents is 1. The van der Waals surface area contributed by atoms with Crippen molar-refractivity contribution >= 4 is 23.5 Å². The number of nitrogens with zero attached hydrogens (tertiary/aromatic N) is 1. The van der Waals surface area contributed by atoms with Crippen LogP contribution in [0.25, 0.3) is 6.08 Å². The van der Waals surface area contributed by atoms with Gasteiger partial charge in [-0.15, -0.1) is 0 Å². The number of ether oxygens (including phenoxy) is 1. The lowest BCUT2D eigenvalue weighted by molar-refractivity contribution is -0.124. The second-order valence-corrected chi connectivity index (χ2v) is 16.4. The third-order valence-corrected chi connectivity index (χ3v) is 12.0. The second-order valence-electron chi connectivity index (χ2n) is 16.4. The number of benzene rings is 3. The van der Waals surface area contributed by atoms with E-state index in [2.05, 4.69) is 64.1 Å². The van der Waals surface area contributed by atoms with E-state index in [-0.39, 0.29) is 30.3 Å². The van der Waals surface area contributed by atoms with Gasteiger partial charge in [-0.05, 0) is 178 Å². The first kappa shape index (κ1) is 45.3. The molecule has 9 heteroatoms. The molecule has 3 aromatic carbocycles. The van der Waals surface area contributed by atoms with Crippen LogP contribution in [0.3, 0.4) is 0 Å². The van der Waals surface area contributed by atoms with Crippen molar-refractivity contribution < 1.29 is 24.5 Å². The highest BCUT2D eigenvalue weighted by atomic mass is 16.5. The number of aryl methyl sites for hydroxylation is 4. The van der Waals surface area contributed by atoms with Crippen LogP contribution in [0.4, 0.5) is 5.82 Å². The minimum atomic E-state index is -0.259. The van der Waals surface area contributed by atoms with Crippen molar-refractivity contribution in [2.45, 2.75) is 89.9 Å². The molecule has 316 valence electrons. The number of carbonyl (C=O) groups is 2. The number of aliphatic hydroxyl groups excluding tert-OH is 1. The van der Waals surface area contributed by atoms with E-state index in [1.54, 1.807) is 24.4 Å². The number of pyridine rings is 1. The molecule has 2 atom stereocenters. The van der Waals surface area contributed by atoms with Gasteiger partial charge in [0.15, 0.2) is 17.3 Å². The minimum Gasteiger partial charge on any atom is -0.504 e. The van der Waals surface area contributed by atoms with Crippen LogP contribution in [0.15, 0.2) is 85.1 Å². The molecule has 1 aliphatic rings. The summed E-state index contributed by atoms with van der Waals surface area (Å²) < 4.78 is 5.43. The molecular weight excluding hydrogens is 737 g/mol. The molecule has 0 saturated carbocycles. The maximum Gasteiger partial charge on any atom is 0.163 e. The summed E-state index contributed by atoms with van der Waals surface area (Å²) in [6.07, 6.45) is 16.0. The van der Waals surface area contributed by atoms with Crippen LogP contribution >= 0.6 is 0 Å². The molecule has 5 rings (SSSR count). The molecule has 1 fully saturated rings. The number of phenols is 1. The highest BCUT2D eigenvalue weighted by molar-refractivity contribution is 6.06. The zero-order chi connectivity index (χ0) is 41.8. The number of hydrogen-bond donors (Lipinski definition) is 5. The Kier molecular flexibility index (Phi) is 18.6. The van der Waals surface area contributed by atoms with Gasteiger partial charge in [0.2, 0.25) is 0 Å². The zero-order valence-corrected chi connectivity index (χ0v) is 35.3. The van der Waals surface area contributed by atoms with Gasteiger partial charge in [0, 0.05) is 19.2 Å². The zero-order valence-electron chi connectivity index (χ0n) is 35.3. The van der Waals surface area contributed by atoms with Crippen LogP contribution in [-0.4, -0.2) is 67.2 Å². The number of aliphatic hydroxyl groups is 1. The highest BCUT2D eigenvalue weighted by Crippen LogP contribution is 2.33. The number of nitrogen functional groups attached to an aromatic ring is 1. The van der Waals surface area contributed by atoms with Gasteiger partial charge >= 0.3 is 0 Å². The number of aromatic nitrogens is 1. The standard InChI is InChI=1S/C50H66N4O5/c1-52-34-44(40-22-24-53-25-23-40)28-37(14-8-26-55)13-7-15-46(56)33-47(57)21-20-41-31-49(59-2)48(58)30-43(41)29-45-35-54-50(51)32-42(45)19-18-39-12-6-11-38(27-39)17-16-36-9-4-3-5-10-36/h3-6,9-12,20-21,27,30-32,35,37,40,44,52-53,55,58H,7-8,13-19,22-26,28-29,33-34H2,1-2H3,(H2,51,54). The third kappa shape index (κ3) is 15.1. The van der Waals surface area contributed by atoms with Crippen molar-refractivity contribution in [1.29, 1.82) is 0 Å². The second kappa shape index (κ2) is 24.3. The summed E-state index contributed by atoms with van der Waals surface area (Å²) in [6, 6.07) is 24.6. The van der Waals surface area contributed by atoms with Crippen molar-refractivity contribution in [3.05, 3.63) is 124 Å². The van der Waals surface area contributed by atoms with Crippen LogP contribution in [0.5, 0.6) is 11.5 Å². The Morgan fingerprint density at radius 3 is 2.36 bits per heavy atom. The molecule has 0 aliphatic carbocycles. The largest absolute Gasteiger partial charge is 0.504 e. The highest BCUT2D eigenvalue weighted by Gasteiger charge is 2.26. The lowest BCUT2D eigenvalue weighted by Crippen LogP contribution is -2.36. The predicted octanol–water partition coefficient (Wildman–Crippen LogP) is 7.87. The topological polar surface area (TPSA) is 147 Å². The normalized spacial score (nSPS) is 14.4. The van der Waals surface area contributed by atoms with Crippen LogP contribution in [0.1, 0.15) is 96.7 Å². The Balaban J connectivity index is 1.19. The Bertz CT molecular complexity index is 1940. The van der Waals surface area contributed by atoms with E-state index in [0.29, 0.717) is 47.7 Å². The fraction of sp³-hybridized carbons (Fsp3) is 0.460. The van der Waals surface area contributed by atoms with E-state index >= 15 is 0 Å². The Hall–Kier alpha value is -4.83. The summed E-state index contributed by atoms with van der Waals surface area (Å²) in [5, 5.41) is 27.2. The summed E-state index contributed by atoms with van der Waals surface area (Å²) in [6.45, 7) is 3.30. The van der Waals surface area contributed by atoms with Gasteiger partial charge in [0.1, 0.15) is 11.6 Å². The third-order valence-electron chi connectivity index (χ3n) is 12.0. The molecule has 1 aromatic heterocycles. The van der Waals surface area contributed by atoms with Crippen LogP contribution in [0, 0.1) is 17.8 Å². The molecule has 9 nitrogen and oxygen atoms in total. The molecule has 4 aromatic rings. The minimum absolute atomic E-state index is 0.00347. The molecule has 59 heavy (non-hydrogen) atoms. The maximum atomic E-state index is 13.1. The smallest absolute Gasteiger partial charge is 0.163 e. The van der Waals surface area contributed by atoms with Crippen LogP contribution in [-0.2, 0) is 41.7 Å². The molecule has 0 amide bonds. The monoisotopic (exact) mass is 803 g/mol. The van der Waals surface area contributed by atoms with Gasteiger partial charge in [-0.2, -0.15) is 0 Å². The van der Waals surface area contributed by atoms with Crippen LogP contribution < -0.4 is 21.1 Å². The number of carbonyl (C=O) groups excluding carboxylic acids is 2. The average molecular weight is 803 g/mol. The number of aromatic hydroxyl groups is 1. The molecule has 1 aliphatic heterocycles. The number of rotatable bonds is 25. The van der Waals surface area contributed by atoms with Crippen molar-refractivity contribution in [1.82, 2.24) is 15.6 Å².